The average Bonchev–Trinajstić information content (AvgIpc) is 3.51. The Hall–Kier alpha value is -2.54. The van der Waals surface area contributed by atoms with E-state index < -0.39 is 25.8 Å². The molecule has 0 nitrogen and oxygen atoms in total. The first-order valence-corrected chi connectivity index (χ1v) is 19.8. The van der Waals surface area contributed by atoms with Crippen molar-refractivity contribution >= 4 is 19.1 Å². The number of benzene rings is 4. The molecule has 0 aromatic heterocycles. The molecular weight excluding hydrogens is 504 g/mol. The zero-order chi connectivity index (χ0) is 23.1. The van der Waals surface area contributed by atoms with Crippen LogP contribution < -0.4 is 13.6 Å². The van der Waals surface area contributed by atoms with Crippen molar-refractivity contribution in [2.45, 2.75) is 26.7 Å². The second kappa shape index (κ2) is 9.25. The predicted octanol–water partition coefficient (Wildman–Crippen LogP) is 5.77. The third-order valence-corrected chi connectivity index (χ3v) is 25.8. The summed E-state index contributed by atoms with van der Waals surface area (Å²) in [6, 6.07) is 35.1. The zero-order valence-corrected chi connectivity index (χ0v) is 23.3. The molecule has 4 aromatic rings. The monoisotopic (exact) mass is 530 g/mol. The van der Waals surface area contributed by atoms with Crippen molar-refractivity contribution in [2.24, 2.45) is 0 Å². The second-order valence-electron chi connectivity index (χ2n) is 9.48. The van der Waals surface area contributed by atoms with Gasteiger partial charge in [-0.3, -0.25) is 0 Å². The maximum atomic E-state index is 2.51. The first-order valence-electron chi connectivity index (χ1n) is 12.1. The molecule has 164 valence electrons. The Bertz CT molecular complexity index is 1470. The summed E-state index contributed by atoms with van der Waals surface area (Å²) < 4.78 is 3.48. The van der Waals surface area contributed by atoms with E-state index in [2.05, 4.69) is 123 Å². The third kappa shape index (κ3) is 3.98. The van der Waals surface area contributed by atoms with Crippen LogP contribution in [0, 0.1) is 13.8 Å². The van der Waals surface area contributed by atoms with Crippen LogP contribution in [0.15, 0.2) is 113 Å². The van der Waals surface area contributed by atoms with Gasteiger partial charge in [-0.2, -0.15) is 0 Å². The molecule has 0 saturated carbocycles. The Morgan fingerprint density at radius 1 is 0.706 bits per heavy atom. The number of hydrogen-bond donors (Lipinski definition) is 0. The van der Waals surface area contributed by atoms with Gasteiger partial charge in [0.25, 0.3) is 0 Å². The fourth-order valence-corrected chi connectivity index (χ4v) is 25.9. The maximum absolute atomic E-state index is 2.51. The molecule has 4 aromatic carbocycles. The molecule has 0 unspecified atom stereocenters. The number of hydrogen-bond acceptors (Lipinski definition) is 0. The molecule has 0 amide bonds. The molecule has 0 aliphatic heterocycles. The summed E-state index contributed by atoms with van der Waals surface area (Å²) in [6.07, 6.45) is 9.38. The predicted molar refractivity (Wildman–Crippen MR) is 144 cm³/mol. The van der Waals surface area contributed by atoms with Gasteiger partial charge in [-0.25, -0.2) is 0 Å². The van der Waals surface area contributed by atoms with E-state index in [-0.39, 0.29) is 0 Å². The van der Waals surface area contributed by atoms with Gasteiger partial charge >= 0.3 is 212 Å². The first kappa shape index (κ1) is 22.0. The summed E-state index contributed by atoms with van der Waals surface area (Å²) in [5, 5.41) is 3.18. The van der Waals surface area contributed by atoms with Crippen molar-refractivity contribution in [1.82, 2.24) is 0 Å². The van der Waals surface area contributed by atoms with Gasteiger partial charge in [0.15, 0.2) is 0 Å². The normalized spacial score (nSPS) is 13.4. The molecular formula is C32H28SiZr. The third-order valence-electron chi connectivity index (χ3n) is 7.08. The van der Waals surface area contributed by atoms with Crippen molar-refractivity contribution in [3.8, 4) is 11.1 Å². The molecule has 2 aliphatic carbocycles. The Morgan fingerprint density at radius 3 is 2.06 bits per heavy atom. The van der Waals surface area contributed by atoms with E-state index >= 15 is 0 Å². The molecule has 0 heterocycles. The van der Waals surface area contributed by atoms with Crippen LogP contribution >= 0.6 is 0 Å². The topological polar surface area (TPSA) is 0 Å². The summed E-state index contributed by atoms with van der Waals surface area (Å²) in [5.41, 5.74) is 7.85. The quantitative estimate of drug-likeness (QED) is 0.258. The zero-order valence-electron chi connectivity index (χ0n) is 19.8. The summed E-state index contributed by atoms with van der Waals surface area (Å²) >= 11 is -2.33. The van der Waals surface area contributed by atoms with Crippen molar-refractivity contribution in [2.75, 3.05) is 0 Å². The van der Waals surface area contributed by atoms with Crippen molar-refractivity contribution in [1.29, 1.82) is 0 Å². The molecule has 6 rings (SSSR count). The molecule has 2 aliphatic rings. The number of aryl methyl sites for hydroxylation is 2. The fourth-order valence-electron chi connectivity index (χ4n) is 5.55. The van der Waals surface area contributed by atoms with E-state index in [4.69, 9.17) is 0 Å². The molecule has 0 N–H and O–H groups in total. The Kier molecular flexibility index (Phi) is 5.97. The molecule has 0 bridgehead atoms. The molecule has 34 heavy (non-hydrogen) atoms. The van der Waals surface area contributed by atoms with E-state index in [1.807, 2.05) is 0 Å². The van der Waals surface area contributed by atoms with E-state index in [0.29, 0.717) is 0 Å². The van der Waals surface area contributed by atoms with Gasteiger partial charge in [-0.15, -0.1) is 0 Å². The molecule has 0 radical (unpaired) electrons. The van der Waals surface area contributed by atoms with Crippen LogP contribution in [0.1, 0.15) is 28.7 Å². The van der Waals surface area contributed by atoms with Crippen molar-refractivity contribution < 1.29 is 20.4 Å². The molecule has 0 fully saturated rings. The van der Waals surface area contributed by atoms with Crippen molar-refractivity contribution in [3.63, 3.8) is 0 Å². The number of rotatable bonds is 4. The SMILES string of the molecule is Cc1cccc([Si](c2cccc(C)c2)=[Zr]([C]2=CC=CC2)[c]2cccc3c2Cc2ccccc2-3)c1. The van der Waals surface area contributed by atoms with Gasteiger partial charge in [-0.1, -0.05) is 0 Å². The van der Waals surface area contributed by atoms with Crippen molar-refractivity contribution in [3.05, 3.63) is 135 Å². The molecule has 2 heteroatoms. The van der Waals surface area contributed by atoms with Crippen LogP contribution in [0.25, 0.3) is 11.1 Å². The first-order chi connectivity index (χ1) is 16.7. The van der Waals surface area contributed by atoms with Crippen LogP contribution in [-0.4, -0.2) is 5.43 Å². The summed E-state index contributed by atoms with van der Waals surface area (Å²) in [7, 11) is 0. The summed E-state index contributed by atoms with van der Waals surface area (Å²) in [4.78, 5) is 0. The minimum atomic E-state index is -2.33. The molecule has 0 saturated heterocycles. The van der Waals surface area contributed by atoms with Crippen LogP contribution in [0.4, 0.5) is 0 Å². The van der Waals surface area contributed by atoms with E-state index in [0.717, 1.165) is 12.8 Å². The molecule has 0 atom stereocenters. The van der Waals surface area contributed by atoms with Crippen LogP contribution in [0.2, 0.25) is 0 Å². The Morgan fingerprint density at radius 2 is 1.38 bits per heavy atom. The van der Waals surface area contributed by atoms with E-state index in [1.54, 1.807) is 22.5 Å². The standard InChI is InChI=1S/C14H14Si.C13H9.C5H5.Zr/c1-11-5-3-7-13(9-11)15-14-8-4-6-12(2)10-14;1-3-7-12-10(5-1)9-11-6-2-4-8-13(11)12;1-2-4-5-3-1;/h3-10H,1-2H3;1-5,7-8H,9H2;1-3H,4H2;. The summed E-state index contributed by atoms with van der Waals surface area (Å²) in [6.45, 7) is 4.49. The van der Waals surface area contributed by atoms with Gasteiger partial charge in [0, 0.05) is 0 Å². The van der Waals surface area contributed by atoms with E-state index in [1.165, 1.54) is 27.8 Å². The Labute approximate surface area is 210 Å². The van der Waals surface area contributed by atoms with Gasteiger partial charge < -0.3 is 0 Å². The summed E-state index contributed by atoms with van der Waals surface area (Å²) in [5.74, 6) is 0. The van der Waals surface area contributed by atoms with Gasteiger partial charge in [0.1, 0.15) is 0 Å². The van der Waals surface area contributed by atoms with Crippen LogP contribution in [0.3, 0.4) is 0 Å². The van der Waals surface area contributed by atoms with Crippen LogP contribution in [-0.2, 0) is 26.8 Å². The van der Waals surface area contributed by atoms with Gasteiger partial charge in [0.05, 0.1) is 0 Å². The average molecular weight is 532 g/mol. The second-order valence-corrected chi connectivity index (χ2v) is 22.8. The van der Waals surface area contributed by atoms with Crippen LogP contribution in [0.5, 0.6) is 0 Å². The Balaban J connectivity index is 1.69. The number of fused-ring (bicyclic) bond motifs is 3. The fraction of sp³-hybridized carbons (Fsp3) is 0.125. The molecule has 0 spiro atoms. The van der Waals surface area contributed by atoms with Gasteiger partial charge in [0.2, 0.25) is 0 Å². The number of allylic oxidation sites excluding steroid dienone is 4. The van der Waals surface area contributed by atoms with Gasteiger partial charge in [-0.05, 0) is 0 Å². The van der Waals surface area contributed by atoms with E-state index in [9.17, 15) is 0 Å². The minimum absolute atomic E-state index is 0.937.